The average Bonchev–Trinajstić information content (AvgIpc) is 2.52. The van der Waals surface area contributed by atoms with E-state index >= 15 is 0 Å². The molecular formula is C11H22N2O. The van der Waals surface area contributed by atoms with E-state index in [2.05, 4.69) is 24.5 Å². The van der Waals surface area contributed by atoms with Crippen molar-refractivity contribution < 1.29 is 4.79 Å². The summed E-state index contributed by atoms with van der Waals surface area (Å²) in [4.78, 5) is 11.4. The fourth-order valence-electron chi connectivity index (χ4n) is 2.00. The van der Waals surface area contributed by atoms with E-state index < -0.39 is 0 Å². The van der Waals surface area contributed by atoms with E-state index in [0.29, 0.717) is 12.6 Å². The van der Waals surface area contributed by atoms with Gasteiger partial charge in [-0.2, -0.15) is 0 Å². The Kier molecular flexibility index (Phi) is 4.94. The van der Waals surface area contributed by atoms with E-state index in [1.807, 2.05) is 0 Å². The zero-order valence-electron chi connectivity index (χ0n) is 9.31. The normalized spacial score (nSPS) is 26.4. The fraction of sp³-hybridized carbons (Fsp3) is 0.909. The van der Waals surface area contributed by atoms with Gasteiger partial charge in [-0.25, -0.2) is 0 Å². The summed E-state index contributed by atoms with van der Waals surface area (Å²) < 4.78 is 0. The molecule has 3 nitrogen and oxygen atoms in total. The second-order valence-electron chi connectivity index (χ2n) is 4.36. The second kappa shape index (κ2) is 6.02. The van der Waals surface area contributed by atoms with Crippen molar-refractivity contribution in [1.82, 2.24) is 10.6 Å². The van der Waals surface area contributed by atoms with Crippen molar-refractivity contribution >= 4 is 5.91 Å². The maximum Gasteiger partial charge on any atom is 0.234 e. The zero-order chi connectivity index (χ0) is 10.4. The van der Waals surface area contributed by atoms with Gasteiger partial charge < -0.3 is 10.6 Å². The first-order valence-electron chi connectivity index (χ1n) is 5.72. The van der Waals surface area contributed by atoms with Crippen molar-refractivity contribution in [2.75, 3.05) is 13.1 Å². The Morgan fingerprint density at radius 1 is 1.43 bits per heavy atom. The molecule has 0 saturated heterocycles. The third-order valence-corrected chi connectivity index (χ3v) is 2.77. The van der Waals surface area contributed by atoms with Crippen LogP contribution in [0.25, 0.3) is 0 Å². The summed E-state index contributed by atoms with van der Waals surface area (Å²) in [6.07, 6.45) is 4.64. The van der Waals surface area contributed by atoms with Crippen molar-refractivity contribution in [3.05, 3.63) is 0 Å². The van der Waals surface area contributed by atoms with Crippen LogP contribution in [0.15, 0.2) is 0 Å². The van der Waals surface area contributed by atoms with E-state index in [4.69, 9.17) is 0 Å². The fourth-order valence-corrected chi connectivity index (χ4v) is 2.00. The molecule has 1 saturated carbocycles. The number of amides is 1. The lowest BCUT2D eigenvalue weighted by Crippen LogP contribution is -2.39. The van der Waals surface area contributed by atoms with Crippen molar-refractivity contribution in [3.8, 4) is 0 Å². The molecule has 0 spiro atoms. The van der Waals surface area contributed by atoms with Crippen LogP contribution in [0.4, 0.5) is 0 Å². The monoisotopic (exact) mass is 198 g/mol. The van der Waals surface area contributed by atoms with E-state index in [9.17, 15) is 4.79 Å². The van der Waals surface area contributed by atoms with E-state index in [1.54, 1.807) is 0 Å². The Hall–Kier alpha value is -0.570. The smallest absolute Gasteiger partial charge is 0.234 e. The van der Waals surface area contributed by atoms with Gasteiger partial charge in [0, 0.05) is 6.04 Å². The van der Waals surface area contributed by atoms with Gasteiger partial charge in [0.2, 0.25) is 5.91 Å². The first-order chi connectivity index (χ1) is 6.72. The number of hydrogen-bond donors (Lipinski definition) is 2. The molecule has 0 aromatic heterocycles. The Morgan fingerprint density at radius 3 is 2.79 bits per heavy atom. The molecule has 0 radical (unpaired) electrons. The molecule has 2 unspecified atom stereocenters. The largest absolute Gasteiger partial charge is 0.352 e. The Labute approximate surface area is 86.6 Å². The highest BCUT2D eigenvalue weighted by molar-refractivity contribution is 5.78. The lowest BCUT2D eigenvalue weighted by molar-refractivity contribution is -0.120. The number of carbonyl (C=O) groups excluding carboxylic acids is 1. The molecule has 1 amide bonds. The first kappa shape index (κ1) is 11.5. The van der Waals surface area contributed by atoms with Gasteiger partial charge >= 0.3 is 0 Å². The summed E-state index contributed by atoms with van der Waals surface area (Å²) in [5, 5.41) is 6.17. The maximum atomic E-state index is 11.4. The first-order valence-corrected chi connectivity index (χ1v) is 5.72. The van der Waals surface area contributed by atoms with Crippen molar-refractivity contribution in [2.24, 2.45) is 5.92 Å². The molecule has 82 valence electrons. The van der Waals surface area contributed by atoms with Crippen LogP contribution >= 0.6 is 0 Å². The lowest BCUT2D eigenvalue weighted by atomic mass is 10.1. The molecule has 0 aromatic rings. The minimum absolute atomic E-state index is 0.151. The van der Waals surface area contributed by atoms with E-state index in [0.717, 1.165) is 31.7 Å². The molecule has 2 N–H and O–H groups in total. The second-order valence-corrected chi connectivity index (χ2v) is 4.36. The summed E-state index contributed by atoms with van der Waals surface area (Å²) in [7, 11) is 0. The molecule has 0 heterocycles. The summed E-state index contributed by atoms with van der Waals surface area (Å²) in [5.74, 6) is 0.932. The average molecular weight is 198 g/mol. The number of nitrogens with one attached hydrogen (secondary N) is 2. The van der Waals surface area contributed by atoms with Crippen LogP contribution in [0.5, 0.6) is 0 Å². The molecule has 2 atom stereocenters. The minimum atomic E-state index is 0.151. The lowest BCUT2D eigenvalue weighted by Gasteiger charge is -2.12. The van der Waals surface area contributed by atoms with Crippen LogP contribution in [-0.2, 0) is 4.79 Å². The molecule has 1 aliphatic carbocycles. The van der Waals surface area contributed by atoms with E-state index in [1.165, 1.54) is 6.42 Å². The standard InChI is InChI=1S/C11H22N2O/c1-3-6-12-8-11(14)13-10-5-4-9(2)7-10/h9-10,12H,3-8H2,1-2H3,(H,13,14). The van der Waals surface area contributed by atoms with Gasteiger partial charge in [-0.05, 0) is 38.1 Å². The summed E-state index contributed by atoms with van der Waals surface area (Å²) in [6.45, 7) is 5.75. The van der Waals surface area contributed by atoms with Crippen molar-refractivity contribution in [3.63, 3.8) is 0 Å². The predicted octanol–water partition coefficient (Wildman–Crippen LogP) is 1.29. The third kappa shape index (κ3) is 4.09. The van der Waals surface area contributed by atoms with Gasteiger partial charge in [-0.1, -0.05) is 13.8 Å². The molecule has 0 bridgehead atoms. The molecule has 0 aromatic carbocycles. The van der Waals surface area contributed by atoms with Gasteiger partial charge in [0.05, 0.1) is 6.54 Å². The van der Waals surface area contributed by atoms with E-state index in [-0.39, 0.29) is 5.91 Å². The number of hydrogen-bond acceptors (Lipinski definition) is 2. The van der Waals surface area contributed by atoms with Gasteiger partial charge in [-0.3, -0.25) is 4.79 Å². The summed E-state index contributed by atoms with van der Waals surface area (Å²) in [6, 6.07) is 0.431. The molecule has 1 rings (SSSR count). The highest BCUT2D eigenvalue weighted by Crippen LogP contribution is 2.24. The molecule has 0 aliphatic heterocycles. The van der Waals surface area contributed by atoms with Crippen molar-refractivity contribution in [2.45, 2.75) is 45.6 Å². The molecule has 1 aliphatic rings. The Morgan fingerprint density at radius 2 is 2.21 bits per heavy atom. The molecule has 3 heteroatoms. The topological polar surface area (TPSA) is 41.1 Å². The van der Waals surface area contributed by atoms with Crippen LogP contribution in [0.3, 0.4) is 0 Å². The predicted molar refractivity (Wildman–Crippen MR) is 58.1 cm³/mol. The van der Waals surface area contributed by atoms with Gasteiger partial charge in [0.25, 0.3) is 0 Å². The zero-order valence-corrected chi connectivity index (χ0v) is 9.31. The maximum absolute atomic E-state index is 11.4. The summed E-state index contributed by atoms with van der Waals surface area (Å²) in [5.41, 5.74) is 0. The Balaban J connectivity index is 2.08. The SMILES string of the molecule is CCCNCC(=O)NC1CCC(C)C1. The third-order valence-electron chi connectivity index (χ3n) is 2.77. The molecule has 1 fully saturated rings. The van der Waals surface area contributed by atoms with Crippen LogP contribution in [-0.4, -0.2) is 25.0 Å². The molecule has 14 heavy (non-hydrogen) atoms. The van der Waals surface area contributed by atoms with Gasteiger partial charge in [-0.15, -0.1) is 0 Å². The Bertz CT molecular complexity index is 182. The number of rotatable bonds is 5. The quantitative estimate of drug-likeness (QED) is 0.654. The van der Waals surface area contributed by atoms with Crippen LogP contribution in [0.1, 0.15) is 39.5 Å². The highest BCUT2D eigenvalue weighted by atomic mass is 16.1. The van der Waals surface area contributed by atoms with Gasteiger partial charge in [0.1, 0.15) is 0 Å². The highest BCUT2D eigenvalue weighted by Gasteiger charge is 2.22. The van der Waals surface area contributed by atoms with Crippen LogP contribution in [0, 0.1) is 5.92 Å². The van der Waals surface area contributed by atoms with Crippen molar-refractivity contribution in [1.29, 1.82) is 0 Å². The minimum Gasteiger partial charge on any atom is -0.352 e. The van der Waals surface area contributed by atoms with Crippen LogP contribution < -0.4 is 10.6 Å². The summed E-state index contributed by atoms with van der Waals surface area (Å²) >= 11 is 0. The molecular weight excluding hydrogens is 176 g/mol. The van der Waals surface area contributed by atoms with Gasteiger partial charge in [0.15, 0.2) is 0 Å². The van der Waals surface area contributed by atoms with Crippen LogP contribution in [0.2, 0.25) is 0 Å². The number of carbonyl (C=O) groups is 1.